The highest BCUT2D eigenvalue weighted by molar-refractivity contribution is 6.39. The molecule has 2 aromatic carbocycles. The highest BCUT2D eigenvalue weighted by atomic mass is 35.5. The van der Waals surface area contributed by atoms with Crippen LogP contribution in [0.15, 0.2) is 65.0 Å². The topological polar surface area (TPSA) is 106 Å². The van der Waals surface area contributed by atoms with Gasteiger partial charge in [-0.3, -0.25) is 24.4 Å². The minimum atomic E-state index is -0.862. The molecule has 1 aliphatic heterocycles. The Kier molecular flexibility index (Phi) is 5.57. The van der Waals surface area contributed by atoms with E-state index in [4.69, 9.17) is 11.6 Å². The summed E-state index contributed by atoms with van der Waals surface area (Å²) in [5, 5.41) is 3.01. The highest BCUT2D eigenvalue weighted by Gasteiger charge is 2.37. The van der Waals surface area contributed by atoms with Crippen molar-refractivity contribution in [3.63, 3.8) is 0 Å². The molecule has 1 N–H and O–H groups in total. The Labute approximate surface area is 210 Å². The molecular weight excluding hydrogens is 482 g/mol. The number of hydrogen-bond donors (Lipinski definition) is 1. The number of carbonyl (C=O) groups is 3. The third-order valence-electron chi connectivity index (χ3n) is 6.02. The number of rotatable bonds is 3. The largest absolute Gasteiger partial charge is 0.335 e. The highest BCUT2D eigenvalue weighted by Crippen LogP contribution is 2.26. The van der Waals surface area contributed by atoms with Crippen LogP contribution < -0.4 is 15.8 Å². The van der Waals surface area contributed by atoms with Crippen LogP contribution in [-0.4, -0.2) is 32.2 Å². The van der Waals surface area contributed by atoms with E-state index in [0.717, 1.165) is 4.90 Å². The van der Waals surface area contributed by atoms with Crippen molar-refractivity contribution in [2.24, 2.45) is 0 Å². The predicted molar refractivity (Wildman–Crippen MR) is 136 cm³/mol. The number of aryl methyl sites for hydroxylation is 2. The molecule has 0 bridgehead atoms. The number of nitrogens with zero attached hydrogens (tertiary/aromatic N) is 4. The van der Waals surface area contributed by atoms with Gasteiger partial charge >= 0.3 is 6.03 Å². The zero-order valence-electron chi connectivity index (χ0n) is 19.6. The van der Waals surface area contributed by atoms with Crippen LogP contribution in [0.2, 0.25) is 5.02 Å². The lowest BCUT2D eigenvalue weighted by Crippen LogP contribution is -2.54. The molecule has 0 atom stereocenters. The lowest BCUT2D eigenvalue weighted by molar-refractivity contribution is -0.122. The van der Waals surface area contributed by atoms with E-state index >= 15 is 0 Å². The first-order chi connectivity index (χ1) is 17.2. The molecule has 0 saturated carbocycles. The average Bonchev–Trinajstić information content (AvgIpc) is 3.09. The maximum absolute atomic E-state index is 13.3. The lowest BCUT2D eigenvalue weighted by Gasteiger charge is -2.26. The Hall–Kier alpha value is -4.50. The van der Waals surface area contributed by atoms with E-state index in [0.29, 0.717) is 38.7 Å². The molecule has 180 valence electrons. The maximum Gasteiger partial charge on any atom is 0.335 e. The third-order valence-corrected chi connectivity index (χ3v) is 6.25. The number of urea groups is 1. The first-order valence-electron chi connectivity index (χ1n) is 11.0. The normalized spacial score (nSPS) is 15.2. The van der Waals surface area contributed by atoms with Crippen molar-refractivity contribution < 1.29 is 14.4 Å². The van der Waals surface area contributed by atoms with Gasteiger partial charge in [-0.25, -0.2) is 14.7 Å². The molecule has 3 heterocycles. The fourth-order valence-electron chi connectivity index (χ4n) is 4.36. The summed E-state index contributed by atoms with van der Waals surface area (Å²) in [4.78, 5) is 57.1. The molecule has 0 unspecified atom stereocenters. The van der Waals surface area contributed by atoms with Gasteiger partial charge in [-0.2, -0.15) is 4.68 Å². The van der Waals surface area contributed by atoms with Crippen LogP contribution in [-0.2, 0) is 9.59 Å². The molecule has 2 aromatic heterocycles. The van der Waals surface area contributed by atoms with E-state index in [1.165, 1.54) is 16.8 Å². The molecule has 1 saturated heterocycles. The van der Waals surface area contributed by atoms with E-state index in [9.17, 15) is 19.2 Å². The molecule has 0 spiro atoms. The molecule has 1 aliphatic rings. The number of hydrogen-bond acceptors (Lipinski definition) is 5. The van der Waals surface area contributed by atoms with Crippen LogP contribution in [0.25, 0.3) is 17.0 Å². The Balaban J connectivity index is 1.63. The minimum absolute atomic E-state index is 0.226. The molecule has 9 nitrogen and oxygen atoms in total. The summed E-state index contributed by atoms with van der Waals surface area (Å²) in [6.07, 6.45) is 1.41. The van der Waals surface area contributed by atoms with Gasteiger partial charge in [0.2, 0.25) is 0 Å². The van der Waals surface area contributed by atoms with Crippen molar-refractivity contribution in [2.45, 2.75) is 20.8 Å². The number of benzene rings is 2. The number of imide groups is 2. The van der Waals surface area contributed by atoms with Crippen LogP contribution in [0, 0.1) is 20.8 Å². The van der Waals surface area contributed by atoms with Crippen molar-refractivity contribution in [2.75, 3.05) is 4.90 Å². The Morgan fingerprint density at radius 1 is 0.917 bits per heavy atom. The van der Waals surface area contributed by atoms with Gasteiger partial charge in [0.25, 0.3) is 17.4 Å². The summed E-state index contributed by atoms with van der Waals surface area (Å²) >= 11 is 6.03. The van der Waals surface area contributed by atoms with Crippen LogP contribution >= 0.6 is 11.6 Å². The number of anilines is 1. The smallest absolute Gasteiger partial charge is 0.273 e. The summed E-state index contributed by atoms with van der Waals surface area (Å²) in [5.74, 6) is -1.12. The van der Waals surface area contributed by atoms with E-state index in [1.54, 1.807) is 67.9 Å². The summed E-state index contributed by atoms with van der Waals surface area (Å²) in [7, 11) is 0. The van der Waals surface area contributed by atoms with E-state index < -0.39 is 17.8 Å². The second-order valence-electron chi connectivity index (χ2n) is 8.37. The quantitative estimate of drug-likeness (QED) is 0.340. The van der Waals surface area contributed by atoms with Gasteiger partial charge in [-0.05, 0) is 68.8 Å². The summed E-state index contributed by atoms with van der Waals surface area (Å²) in [6.45, 7) is 5.31. The lowest BCUT2D eigenvalue weighted by atomic mass is 10.1. The molecule has 0 aliphatic carbocycles. The van der Waals surface area contributed by atoms with Crippen molar-refractivity contribution in [1.29, 1.82) is 0 Å². The predicted octanol–water partition coefficient (Wildman–Crippen LogP) is 3.75. The Morgan fingerprint density at radius 2 is 1.67 bits per heavy atom. The standard InChI is InChI=1S/C26H20ClN5O4/c1-14-11-17(15(2)31(14)32-16(3)28-22-10-5-4-9-20(22)25(32)35)12-21-23(33)29-26(36)30(24(21)34)19-8-6-7-18(27)13-19/h4-13H,1-3H3,(H,29,33,36). The monoisotopic (exact) mass is 501 g/mol. The molecule has 4 amide bonds. The first kappa shape index (κ1) is 23.3. The fraction of sp³-hybridized carbons (Fsp3) is 0.115. The number of fused-ring (bicyclic) bond motifs is 1. The van der Waals surface area contributed by atoms with Gasteiger partial charge in [0.1, 0.15) is 11.4 Å². The molecule has 36 heavy (non-hydrogen) atoms. The molecule has 5 rings (SSSR count). The molecule has 0 radical (unpaired) electrons. The third kappa shape index (κ3) is 3.70. The fourth-order valence-corrected chi connectivity index (χ4v) is 4.55. The second-order valence-corrected chi connectivity index (χ2v) is 8.81. The minimum Gasteiger partial charge on any atom is -0.273 e. The molecule has 10 heteroatoms. The molecular formula is C26H20ClN5O4. The van der Waals surface area contributed by atoms with Gasteiger partial charge in [-0.15, -0.1) is 0 Å². The van der Waals surface area contributed by atoms with Crippen LogP contribution in [0.1, 0.15) is 22.8 Å². The molecule has 1 fully saturated rings. The first-order valence-corrected chi connectivity index (χ1v) is 11.4. The molecule has 4 aromatic rings. The van der Waals surface area contributed by atoms with Crippen molar-refractivity contribution in [3.05, 3.63) is 98.3 Å². The number of amides is 4. The number of carbonyl (C=O) groups excluding carboxylic acids is 3. The Morgan fingerprint density at radius 3 is 2.42 bits per heavy atom. The number of halogens is 1. The van der Waals surface area contributed by atoms with Crippen LogP contribution in [0.4, 0.5) is 10.5 Å². The summed E-state index contributed by atoms with van der Waals surface area (Å²) in [6, 6.07) is 14.2. The summed E-state index contributed by atoms with van der Waals surface area (Å²) in [5.41, 5.74) is 2.18. The van der Waals surface area contributed by atoms with Crippen molar-refractivity contribution in [1.82, 2.24) is 19.7 Å². The van der Waals surface area contributed by atoms with Crippen LogP contribution in [0.3, 0.4) is 0 Å². The van der Waals surface area contributed by atoms with Gasteiger partial charge in [0, 0.05) is 16.4 Å². The maximum atomic E-state index is 13.3. The zero-order valence-corrected chi connectivity index (χ0v) is 20.3. The second kappa shape index (κ2) is 8.62. The average molecular weight is 502 g/mol. The van der Waals surface area contributed by atoms with Gasteiger partial charge in [0.15, 0.2) is 0 Å². The number of para-hydroxylation sites is 1. The number of barbiturate groups is 1. The van der Waals surface area contributed by atoms with E-state index in [2.05, 4.69) is 10.3 Å². The number of aromatic nitrogens is 3. The summed E-state index contributed by atoms with van der Waals surface area (Å²) < 4.78 is 3.15. The SMILES string of the molecule is Cc1cc(C=C2C(=O)NC(=O)N(c3cccc(Cl)c3)C2=O)c(C)n1-n1c(C)nc2ccccc2c1=O. The van der Waals surface area contributed by atoms with E-state index in [1.807, 2.05) is 6.07 Å². The Bertz CT molecular complexity index is 1700. The van der Waals surface area contributed by atoms with Gasteiger partial charge < -0.3 is 0 Å². The van der Waals surface area contributed by atoms with Gasteiger partial charge in [0.05, 0.1) is 16.6 Å². The van der Waals surface area contributed by atoms with Crippen molar-refractivity contribution >= 4 is 52.1 Å². The zero-order chi connectivity index (χ0) is 25.7. The number of nitrogens with one attached hydrogen (secondary N) is 1. The van der Waals surface area contributed by atoms with Crippen molar-refractivity contribution in [3.8, 4) is 0 Å². The van der Waals surface area contributed by atoms with Gasteiger partial charge in [-0.1, -0.05) is 29.8 Å². The van der Waals surface area contributed by atoms with E-state index in [-0.39, 0.29) is 16.8 Å². The van der Waals surface area contributed by atoms with Crippen LogP contribution in [0.5, 0.6) is 0 Å².